The first-order valence-corrected chi connectivity index (χ1v) is 9.30. The molecule has 5 heteroatoms. The zero-order chi connectivity index (χ0) is 17.9. The van der Waals surface area contributed by atoms with Crippen molar-refractivity contribution in [3.8, 4) is 0 Å². The number of benzene rings is 1. The van der Waals surface area contributed by atoms with Gasteiger partial charge in [-0.1, -0.05) is 43.2 Å². The number of amides is 1. The third kappa shape index (κ3) is 7.16. The summed E-state index contributed by atoms with van der Waals surface area (Å²) in [6, 6.07) is 9.74. The number of likely N-dealkylation sites (tertiary alicyclic amines) is 1. The largest absolute Gasteiger partial charge is 0.466 e. The first-order valence-electron chi connectivity index (χ1n) is 9.30. The molecule has 0 atom stereocenters. The normalized spacial score (nSPS) is 15.0. The van der Waals surface area contributed by atoms with Gasteiger partial charge in [0.15, 0.2) is 0 Å². The second-order valence-electron chi connectivity index (χ2n) is 6.52. The molecule has 1 aromatic carbocycles. The minimum atomic E-state index is -0.218. The van der Waals surface area contributed by atoms with E-state index < -0.39 is 0 Å². The number of esters is 1. The summed E-state index contributed by atoms with van der Waals surface area (Å²) in [7, 11) is 0. The zero-order valence-electron chi connectivity index (χ0n) is 15.1. The van der Waals surface area contributed by atoms with Crippen LogP contribution in [-0.2, 0) is 20.9 Å². The van der Waals surface area contributed by atoms with Gasteiger partial charge in [0.2, 0.25) is 0 Å². The monoisotopic (exact) mass is 347 g/mol. The number of ether oxygens (including phenoxy) is 2. The smallest absolute Gasteiger partial charge is 0.410 e. The Bertz CT molecular complexity index is 524. The van der Waals surface area contributed by atoms with E-state index in [0.29, 0.717) is 25.6 Å². The Hall–Kier alpha value is -2.04. The van der Waals surface area contributed by atoms with Gasteiger partial charge in [0, 0.05) is 19.5 Å². The van der Waals surface area contributed by atoms with E-state index in [1.165, 1.54) is 0 Å². The van der Waals surface area contributed by atoms with Crippen LogP contribution < -0.4 is 0 Å². The number of carbonyl (C=O) groups excluding carboxylic acids is 2. The summed E-state index contributed by atoms with van der Waals surface area (Å²) in [4.78, 5) is 25.2. The third-order valence-corrected chi connectivity index (χ3v) is 4.63. The highest BCUT2D eigenvalue weighted by Gasteiger charge is 2.23. The van der Waals surface area contributed by atoms with Crippen molar-refractivity contribution in [2.45, 2.75) is 52.1 Å². The average molecular weight is 347 g/mol. The molecular formula is C20H29NO4. The van der Waals surface area contributed by atoms with E-state index in [9.17, 15) is 9.59 Å². The maximum absolute atomic E-state index is 12.1. The lowest BCUT2D eigenvalue weighted by molar-refractivity contribution is -0.143. The lowest BCUT2D eigenvalue weighted by Gasteiger charge is -2.31. The number of carbonyl (C=O) groups is 2. The van der Waals surface area contributed by atoms with Crippen LogP contribution in [0, 0.1) is 5.92 Å². The highest BCUT2D eigenvalue weighted by molar-refractivity contribution is 5.69. The fourth-order valence-electron chi connectivity index (χ4n) is 3.15. The van der Waals surface area contributed by atoms with Crippen molar-refractivity contribution in [2.24, 2.45) is 5.92 Å². The average Bonchev–Trinajstić information content (AvgIpc) is 2.65. The first-order chi connectivity index (χ1) is 12.2. The highest BCUT2D eigenvalue weighted by Crippen LogP contribution is 2.23. The summed E-state index contributed by atoms with van der Waals surface area (Å²) in [5.74, 6) is 0.541. The molecule has 1 heterocycles. The minimum Gasteiger partial charge on any atom is -0.466 e. The number of hydrogen-bond donors (Lipinski definition) is 0. The molecule has 0 spiro atoms. The van der Waals surface area contributed by atoms with Crippen molar-refractivity contribution in [2.75, 3.05) is 19.7 Å². The van der Waals surface area contributed by atoms with Crippen LogP contribution in [0.15, 0.2) is 30.3 Å². The van der Waals surface area contributed by atoms with Crippen molar-refractivity contribution in [3.05, 3.63) is 35.9 Å². The number of unbranched alkanes of at least 4 members (excludes halogenated alkanes) is 1. The lowest BCUT2D eigenvalue weighted by atomic mass is 9.91. The predicted octanol–water partition coefficient (Wildman–Crippen LogP) is 4.16. The van der Waals surface area contributed by atoms with Crippen LogP contribution in [0.3, 0.4) is 0 Å². The molecule has 1 aromatic rings. The fourth-order valence-corrected chi connectivity index (χ4v) is 3.15. The Labute approximate surface area is 150 Å². The summed E-state index contributed by atoms with van der Waals surface area (Å²) in [6.07, 6.45) is 5.37. The molecule has 1 aliphatic rings. The van der Waals surface area contributed by atoms with Gasteiger partial charge < -0.3 is 14.4 Å². The van der Waals surface area contributed by atoms with E-state index in [2.05, 4.69) is 0 Å². The van der Waals surface area contributed by atoms with E-state index in [1.807, 2.05) is 37.3 Å². The predicted molar refractivity (Wildman–Crippen MR) is 96.0 cm³/mol. The van der Waals surface area contributed by atoms with Crippen LogP contribution in [-0.4, -0.2) is 36.7 Å². The molecule has 0 bridgehead atoms. The van der Waals surface area contributed by atoms with Crippen LogP contribution in [0.25, 0.3) is 0 Å². The molecule has 1 aliphatic heterocycles. The Morgan fingerprint density at radius 2 is 1.80 bits per heavy atom. The second-order valence-corrected chi connectivity index (χ2v) is 6.52. The minimum absolute atomic E-state index is 0.0986. The third-order valence-electron chi connectivity index (χ3n) is 4.63. The molecule has 0 saturated carbocycles. The number of piperidine rings is 1. The summed E-state index contributed by atoms with van der Waals surface area (Å²) in [5.41, 5.74) is 1.01. The van der Waals surface area contributed by atoms with Gasteiger partial charge >= 0.3 is 12.1 Å². The summed E-state index contributed by atoms with van der Waals surface area (Å²) >= 11 is 0. The van der Waals surface area contributed by atoms with Crippen LogP contribution in [0.4, 0.5) is 4.79 Å². The van der Waals surface area contributed by atoms with E-state index >= 15 is 0 Å². The molecule has 1 saturated heterocycles. The topological polar surface area (TPSA) is 55.8 Å². The summed E-state index contributed by atoms with van der Waals surface area (Å²) < 4.78 is 10.3. The number of nitrogens with zero attached hydrogens (tertiary/aromatic N) is 1. The summed E-state index contributed by atoms with van der Waals surface area (Å²) in [5, 5.41) is 0. The molecular weight excluding hydrogens is 318 g/mol. The SMILES string of the molecule is CCOC(=O)CCCCC1CCN(C(=O)OCc2ccccc2)CC1. The van der Waals surface area contributed by atoms with Gasteiger partial charge in [-0.2, -0.15) is 0 Å². The molecule has 0 N–H and O–H groups in total. The van der Waals surface area contributed by atoms with E-state index in [0.717, 1.165) is 50.8 Å². The maximum atomic E-state index is 12.1. The van der Waals surface area contributed by atoms with E-state index in [-0.39, 0.29) is 12.1 Å². The van der Waals surface area contributed by atoms with Gasteiger partial charge in [-0.25, -0.2) is 4.79 Å². The quantitative estimate of drug-likeness (QED) is 0.523. The highest BCUT2D eigenvalue weighted by atomic mass is 16.6. The molecule has 1 amide bonds. The van der Waals surface area contributed by atoms with Crippen molar-refractivity contribution >= 4 is 12.1 Å². The molecule has 0 aromatic heterocycles. The van der Waals surface area contributed by atoms with Gasteiger partial charge in [-0.15, -0.1) is 0 Å². The molecule has 5 nitrogen and oxygen atoms in total. The molecule has 138 valence electrons. The van der Waals surface area contributed by atoms with Crippen molar-refractivity contribution < 1.29 is 19.1 Å². The van der Waals surface area contributed by atoms with E-state index in [1.54, 1.807) is 4.90 Å². The van der Waals surface area contributed by atoms with Crippen molar-refractivity contribution in [1.82, 2.24) is 4.90 Å². The second kappa shape index (κ2) is 10.7. The molecule has 25 heavy (non-hydrogen) atoms. The molecule has 0 aliphatic carbocycles. The van der Waals surface area contributed by atoms with Crippen molar-refractivity contribution in [3.63, 3.8) is 0 Å². The Balaban J connectivity index is 1.57. The Morgan fingerprint density at radius 1 is 1.08 bits per heavy atom. The van der Waals surface area contributed by atoms with E-state index in [4.69, 9.17) is 9.47 Å². The molecule has 0 radical (unpaired) electrons. The van der Waals surface area contributed by atoms with Crippen LogP contribution in [0.2, 0.25) is 0 Å². The number of hydrogen-bond acceptors (Lipinski definition) is 4. The molecule has 1 fully saturated rings. The van der Waals surface area contributed by atoms with Crippen LogP contribution in [0.1, 0.15) is 51.0 Å². The van der Waals surface area contributed by atoms with Gasteiger partial charge in [0.05, 0.1) is 6.61 Å². The fraction of sp³-hybridized carbons (Fsp3) is 0.600. The molecule has 0 unspecified atom stereocenters. The van der Waals surface area contributed by atoms with Crippen molar-refractivity contribution in [1.29, 1.82) is 0 Å². The number of rotatable bonds is 8. The zero-order valence-corrected chi connectivity index (χ0v) is 15.1. The Kier molecular flexibility index (Phi) is 8.29. The van der Waals surface area contributed by atoms with Gasteiger partial charge in [0.1, 0.15) is 6.61 Å². The summed E-state index contributed by atoms with van der Waals surface area (Å²) in [6.45, 7) is 4.13. The van der Waals surface area contributed by atoms with Gasteiger partial charge in [0.25, 0.3) is 0 Å². The maximum Gasteiger partial charge on any atom is 0.410 e. The Morgan fingerprint density at radius 3 is 2.48 bits per heavy atom. The van der Waals surface area contributed by atoms with Gasteiger partial charge in [-0.05, 0) is 37.7 Å². The van der Waals surface area contributed by atoms with Crippen LogP contribution >= 0.6 is 0 Å². The van der Waals surface area contributed by atoms with Crippen LogP contribution in [0.5, 0.6) is 0 Å². The lowest BCUT2D eigenvalue weighted by Crippen LogP contribution is -2.38. The standard InChI is InChI=1S/C20H29NO4/c1-2-24-19(22)11-7-6-8-17-12-14-21(15-13-17)20(23)25-16-18-9-4-3-5-10-18/h3-5,9-10,17H,2,6-8,11-16H2,1H3. The molecule has 2 rings (SSSR count). The first kappa shape index (κ1) is 19.3. The van der Waals surface area contributed by atoms with Gasteiger partial charge in [-0.3, -0.25) is 4.79 Å².